The van der Waals surface area contributed by atoms with Crippen LogP contribution in [0.4, 0.5) is 0 Å². The standard InChI is InChI=1S/C18H24N4O/c1-2-21-15-7-4-3-6-14(15)20-17(21)16-8-5-11-22(16)18(23)13-9-10-19-12-13/h3-4,6-7,13,16,19H,2,5,8-12H2,1H3/t13-,16+/m1/s1. The second-order valence-corrected chi connectivity index (χ2v) is 6.58. The Bertz CT molecular complexity index is 717. The number of hydrogen-bond acceptors (Lipinski definition) is 3. The molecule has 2 aromatic rings. The third-order valence-electron chi connectivity index (χ3n) is 5.24. The highest BCUT2D eigenvalue weighted by Crippen LogP contribution is 2.35. The normalized spacial score (nSPS) is 24.7. The highest BCUT2D eigenvalue weighted by molar-refractivity contribution is 5.81. The molecule has 2 saturated heterocycles. The largest absolute Gasteiger partial charge is 0.332 e. The van der Waals surface area contributed by atoms with Crippen molar-refractivity contribution in [2.24, 2.45) is 5.92 Å². The van der Waals surface area contributed by atoms with Crippen molar-refractivity contribution in [1.82, 2.24) is 19.8 Å². The number of nitrogens with zero attached hydrogens (tertiary/aromatic N) is 3. The molecule has 2 aliphatic rings. The quantitative estimate of drug-likeness (QED) is 0.946. The lowest BCUT2D eigenvalue weighted by atomic mass is 10.1. The van der Waals surface area contributed by atoms with Crippen molar-refractivity contribution in [3.05, 3.63) is 30.1 Å². The topological polar surface area (TPSA) is 50.2 Å². The second-order valence-electron chi connectivity index (χ2n) is 6.58. The minimum Gasteiger partial charge on any atom is -0.332 e. The van der Waals surface area contributed by atoms with Gasteiger partial charge in [-0.1, -0.05) is 12.1 Å². The first-order valence-corrected chi connectivity index (χ1v) is 8.76. The van der Waals surface area contributed by atoms with Gasteiger partial charge in [-0.05, 0) is 44.9 Å². The summed E-state index contributed by atoms with van der Waals surface area (Å²) in [7, 11) is 0. The minimum atomic E-state index is 0.135. The van der Waals surface area contributed by atoms with Gasteiger partial charge in [0.15, 0.2) is 0 Å². The van der Waals surface area contributed by atoms with E-state index in [1.54, 1.807) is 0 Å². The van der Waals surface area contributed by atoms with Crippen LogP contribution in [-0.2, 0) is 11.3 Å². The van der Waals surface area contributed by atoms with Crippen LogP contribution in [0.2, 0.25) is 0 Å². The van der Waals surface area contributed by atoms with Crippen LogP contribution in [-0.4, -0.2) is 40.0 Å². The molecule has 1 N–H and O–H groups in total. The predicted octanol–water partition coefficient (Wildman–Crippen LogP) is 2.33. The zero-order chi connectivity index (χ0) is 15.8. The number of likely N-dealkylation sites (tertiary alicyclic amines) is 1. The first-order chi connectivity index (χ1) is 11.3. The molecule has 2 aliphatic heterocycles. The lowest BCUT2D eigenvalue weighted by Crippen LogP contribution is -2.37. The van der Waals surface area contributed by atoms with E-state index in [9.17, 15) is 4.79 Å². The molecule has 5 heteroatoms. The Labute approximate surface area is 136 Å². The molecule has 1 amide bonds. The van der Waals surface area contributed by atoms with Gasteiger partial charge < -0.3 is 14.8 Å². The van der Waals surface area contributed by atoms with E-state index in [2.05, 4.69) is 39.9 Å². The maximum Gasteiger partial charge on any atom is 0.227 e. The van der Waals surface area contributed by atoms with E-state index in [0.717, 1.165) is 56.8 Å². The lowest BCUT2D eigenvalue weighted by Gasteiger charge is -2.27. The summed E-state index contributed by atoms with van der Waals surface area (Å²) in [6.07, 6.45) is 3.06. The van der Waals surface area contributed by atoms with E-state index in [4.69, 9.17) is 4.98 Å². The summed E-state index contributed by atoms with van der Waals surface area (Å²) in [6, 6.07) is 8.41. The Kier molecular flexibility index (Phi) is 3.81. The summed E-state index contributed by atoms with van der Waals surface area (Å²) in [5, 5.41) is 3.31. The van der Waals surface area contributed by atoms with Gasteiger partial charge in [0, 0.05) is 19.6 Å². The monoisotopic (exact) mass is 312 g/mol. The van der Waals surface area contributed by atoms with Gasteiger partial charge in [-0.15, -0.1) is 0 Å². The van der Waals surface area contributed by atoms with Crippen LogP contribution in [0, 0.1) is 5.92 Å². The highest BCUT2D eigenvalue weighted by Gasteiger charge is 2.37. The SMILES string of the molecule is CCn1c([C@@H]2CCCN2C(=O)[C@@H]2CCNC2)nc2ccccc21. The van der Waals surface area contributed by atoms with Crippen molar-refractivity contribution >= 4 is 16.9 Å². The molecule has 0 spiro atoms. The number of carbonyl (C=O) groups excluding carboxylic acids is 1. The Hall–Kier alpha value is -1.88. The fourth-order valence-electron chi connectivity index (χ4n) is 4.08. The Morgan fingerprint density at radius 3 is 3.00 bits per heavy atom. The molecule has 0 saturated carbocycles. The smallest absolute Gasteiger partial charge is 0.227 e. The summed E-state index contributed by atoms with van der Waals surface area (Å²) in [4.78, 5) is 19.9. The zero-order valence-corrected chi connectivity index (χ0v) is 13.7. The average Bonchev–Trinajstić information content (AvgIpc) is 3.31. The van der Waals surface area contributed by atoms with Crippen LogP contribution in [0.15, 0.2) is 24.3 Å². The van der Waals surface area contributed by atoms with Crippen LogP contribution in [0.25, 0.3) is 11.0 Å². The molecular formula is C18H24N4O. The van der Waals surface area contributed by atoms with E-state index in [1.165, 1.54) is 5.52 Å². The molecule has 0 radical (unpaired) electrons. The third kappa shape index (κ3) is 2.43. The van der Waals surface area contributed by atoms with Crippen LogP contribution >= 0.6 is 0 Å². The van der Waals surface area contributed by atoms with Crippen molar-refractivity contribution in [1.29, 1.82) is 0 Å². The summed E-state index contributed by atoms with van der Waals surface area (Å²) < 4.78 is 2.28. The number of rotatable bonds is 3. The molecule has 3 heterocycles. The zero-order valence-electron chi connectivity index (χ0n) is 13.7. The Balaban J connectivity index is 1.69. The van der Waals surface area contributed by atoms with Crippen molar-refractivity contribution in [3.8, 4) is 0 Å². The lowest BCUT2D eigenvalue weighted by molar-refractivity contribution is -0.136. The van der Waals surface area contributed by atoms with Crippen LogP contribution < -0.4 is 5.32 Å². The predicted molar refractivity (Wildman–Crippen MR) is 90.1 cm³/mol. The first kappa shape index (κ1) is 14.7. The van der Waals surface area contributed by atoms with E-state index in [0.29, 0.717) is 5.91 Å². The molecule has 0 unspecified atom stereocenters. The molecule has 2 atom stereocenters. The molecule has 4 rings (SSSR count). The summed E-state index contributed by atoms with van der Waals surface area (Å²) in [5.41, 5.74) is 2.21. The number of hydrogen-bond donors (Lipinski definition) is 1. The molecule has 0 aliphatic carbocycles. The number of aromatic nitrogens is 2. The molecular weight excluding hydrogens is 288 g/mol. The average molecular weight is 312 g/mol. The van der Waals surface area contributed by atoms with Crippen molar-refractivity contribution in [3.63, 3.8) is 0 Å². The number of fused-ring (bicyclic) bond motifs is 1. The van der Waals surface area contributed by atoms with Gasteiger partial charge in [0.05, 0.1) is 23.0 Å². The number of para-hydroxylation sites is 2. The van der Waals surface area contributed by atoms with Gasteiger partial charge in [0.2, 0.25) is 5.91 Å². The maximum absolute atomic E-state index is 12.9. The highest BCUT2D eigenvalue weighted by atomic mass is 16.2. The minimum absolute atomic E-state index is 0.135. The Morgan fingerprint density at radius 2 is 2.22 bits per heavy atom. The van der Waals surface area contributed by atoms with Crippen LogP contribution in [0.1, 0.15) is 38.1 Å². The van der Waals surface area contributed by atoms with Crippen molar-refractivity contribution in [2.75, 3.05) is 19.6 Å². The number of benzene rings is 1. The number of nitrogens with one attached hydrogen (secondary N) is 1. The Morgan fingerprint density at radius 1 is 1.35 bits per heavy atom. The number of aryl methyl sites for hydroxylation is 1. The fourth-order valence-corrected chi connectivity index (χ4v) is 4.08. The number of amides is 1. The summed E-state index contributed by atoms with van der Waals surface area (Å²) in [6.45, 7) is 5.69. The molecule has 23 heavy (non-hydrogen) atoms. The number of carbonyl (C=O) groups is 1. The van der Waals surface area contributed by atoms with E-state index < -0.39 is 0 Å². The molecule has 1 aromatic carbocycles. The van der Waals surface area contributed by atoms with Gasteiger partial charge in [0.25, 0.3) is 0 Å². The molecule has 1 aromatic heterocycles. The van der Waals surface area contributed by atoms with Gasteiger partial charge in [-0.25, -0.2) is 4.98 Å². The van der Waals surface area contributed by atoms with Crippen molar-refractivity contribution < 1.29 is 4.79 Å². The molecule has 5 nitrogen and oxygen atoms in total. The number of imidazole rings is 1. The fraction of sp³-hybridized carbons (Fsp3) is 0.556. The summed E-state index contributed by atoms with van der Waals surface area (Å²) >= 11 is 0. The molecule has 0 bridgehead atoms. The van der Waals surface area contributed by atoms with E-state index in [-0.39, 0.29) is 12.0 Å². The molecule has 122 valence electrons. The van der Waals surface area contributed by atoms with Crippen LogP contribution in [0.3, 0.4) is 0 Å². The van der Waals surface area contributed by atoms with Crippen molar-refractivity contribution in [2.45, 2.75) is 38.8 Å². The third-order valence-corrected chi connectivity index (χ3v) is 5.24. The maximum atomic E-state index is 12.9. The van der Waals surface area contributed by atoms with Gasteiger partial charge in [-0.2, -0.15) is 0 Å². The van der Waals surface area contributed by atoms with E-state index in [1.807, 2.05) is 6.07 Å². The van der Waals surface area contributed by atoms with Gasteiger partial charge in [0.1, 0.15) is 5.82 Å². The van der Waals surface area contributed by atoms with Crippen LogP contribution in [0.5, 0.6) is 0 Å². The van der Waals surface area contributed by atoms with E-state index >= 15 is 0 Å². The van der Waals surface area contributed by atoms with Gasteiger partial charge >= 0.3 is 0 Å². The summed E-state index contributed by atoms with van der Waals surface area (Å²) in [5.74, 6) is 1.52. The van der Waals surface area contributed by atoms with Gasteiger partial charge in [-0.3, -0.25) is 4.79 Å². The second kappa shape index (κ2) is 5.96. The first-order valence-electron chi connectivity index (χ1n) is 8.76. The molecule has 2 fully saturated rings.